The van der Waals surface area contributed by atoms with Gasteiger partial charge in [-0.05, 0) is 18.7 Å². The van der Waals surface area contributed by atoms with Crippen molar-refractivity contribution >= 4 is 17.3 Å². The average Bonchev–Trinajstić information content (AvgIpc) is 2.43. The predicted molar refractivity (Wildman–Crippen MR) is 75.5 cm³/mol. The highest BCUT2D eigenvalue weighted by molar-refractivity contribution is 6.32. The highest BCUT2D eigenvalue weighted by atomic mass is 35.5. The number of benzene rings is 1. The van der Waals surface area contributed by atoms with Gasteiger partial charge in [0.15, 0.2) is 0 Å². The molecule has 1 unspecified atom stereocenters. The molecule has 0 amide bonds. The van der Waals surface area contributed by atoms with Crippen LogP contribution >= 0.6 is 11.6 Å². The van der Waals surface area contributed by atoms with E-state index in [9.17, 15) is 15.4 Å². The third-order valence-corrected chi connectivity index (χ3v) is 3.83. The minimum Gasteiger partial charge on any atom is -0.304 e. The summed E-state index contributed by atoms with van der Waals surface area (Å²) < 4.78 is 0. The zero-order valence-electron chi connectivity index (χ0n) is 11.1. The smallest absolute Gasteiger partial charge is 0.288 e. The lowest BCUT2D eigenvalue weighted by Crippen LogP contribution is -2.45. The number of halogens is 1. The van der Waals surface area contributed by atoms with Crippen molar-refractivity contribution in [1.29, 1.82) is 5.26 Å². The summed E-state index contributed by atoms with van der Waals surface area (Å²) in [5.74, 6) is 0. The molecular formula is C13H15ClN4O2. The van der Waals surface area contributed by atoms with Crippen LogP contribution in [0.2, 0.25) is 5.02 Å². The first-order chi connectivity index (χ1) is 9.52. The maximum absolute atomic E-state index is 10.9. The van der Waals surface area contributed by atoms with Crippen LogP contribution in [0.4, 0.5) is 5.69 Å². The minimum atomic E-state index is -0.524. The predicted octanol–water partition coefficient (Wildman–Crippen LogP) is 2.06. The van der Waals surface area contributed by atoms with Gasteiger partial charge in [-0.3, -0.25) is 15.0 Å². The van der Waals surface area contributed by atoms with Crippen molar-refractivity contribution in [2.45, 2.75) is 6.04 Å². The topological polar surface area (TPSA) is 73.4 Å². The van der Waals surface area contributed by atoms with Crippen LogP contribution in [-0.2, 0) is 0 Å². The van der Waals surface area contributed by atoms with Crippen molar-refractivity contribution in [3.8, 4) is 6.07 Å². The summed E-state index contributed by atoms with van der Waals surface area (Å²) in [6.45, 7) is 3.30. The average molecular weight is 295 g/mol. The van der Waals surface area contributed by atoms with Crippen LogP contribution in [0.3, 0.4) is 0 Å². The van der Waals surface area contributed by atoms with Gasteiger partial charge < -0.3 is 4.90 Å². The van der Waals surface area contributed by atoms with Crippen molar-refractivity contribution in [3.05, 3.63) is 38.9 Å². The molecule has 6 nitrogen and oxygen atoms in total. The molecule has 1 aromatic carbocycles. The van der Waals surface area contributed by atoms with Crippen molar-refractivity contribution in [2.75, 3.05) is 33.2 Å². The van der Waals surface area contributed by atoms with Gasteiger partial charge in [-0.15, -0.1) is 0 Å². The quantitative estimate of drug-likeness (QED) is 0.630. The number of likely N-dealkylation sites (N-methyl/N-ethyl adjacent to an activating group) is 1. The number of rotatable bonds is 3. The Morgan fingerprint density at radius 2 is 2.05 bits per heavy atom. The number of hydrogen-bond donors (Lipinski definition) is 0. The molecule has 1 aromatic rings. The molecule has 0 N–H and O–H groups in total. The second kappa shape index (κ2) is 6.18. The Kier molecular flexibility index (Phi) is 4.55. The fourth-order valence-corrected chi connectivity index (χ4v) is 2.47. The molecule has 1 saturated heterocycles. The number of nitro groups is 1. The van der Waals surface area contributed by atoms with E-state index in [0.29, 0.717) is 5.56 Å². The molecule has 1 atom stereocenters. The standard InChI is InChI=1S/C13H15ClN4O2/c1-16-4-6-17(7-5-16)13(9-15)10-2-3-11(14)12(8-10)18(19)20/h2-3,8,13H,4-7H2,1H3. The Morgan fingerprint density at radius 1 is 1.40 bits per heavy atom. The first kappa shape index (κ1) is 14.7. The summed E-state index contributed by atoms with van der Waals surface area (Å²) in [5.41, 5.74) is 0.465. The molecule has 7 heteroatoms. The molecule has 20 heavy (non-hydrogen) atoms. The van der Waals surface area contributed by atoms with Crippen LogP contribution in [0.25, 0.3) is 0 Å². The number of nitrogens with zero attached hydrogens (tertiary/aromatic N) is 4. The van der Waals surface area contributed by atoms with Gasteiger partial charge in [0.1, 0.15) is 11.1 Å². The van der Waals surface area contributed by atoms with E-state index in [4.69, 9.17) is 11.6 Å². The van der Waals surface area contributed by atoms with Crippen molar-refractivity contribution < 1.29 is 4.92 Å². The molecule has 2 rings (SSSR count). The fraction of sp³-hybridized carbons (Fsp3) is 0.462. The summed E-state index contributed by atoms with van der Waals surface area (Å²) >= 11 is 5.80. The maximum Gasteiger partial charge on any atom is 0.288 e. The Bertz CT molecular complexity index is 550. The SMILES string of the molecule is CN1CCN(C(C#N)c2ccc(Cl)c([N+](=O)[O-])c2)CC1. The van der Waals surface area contributed by atoms with E-state index in [1.54, 1.807) is 6.07 Å². The van der Waals surface area contributed by atoms with Crippen LogP contribution in [0.1, 0.15) is 11.6 Å². The molecule has 1 heterocycles. The normalized spacial score (nSPS) is 18.4. The zero-order valence-corrected chi connectivity index (χ0v) is 11.9. The molecule has 0 aromatic heterocycles. The molecule has 0 radical (unpaired) electrons. The first-order valence-corrected chi connectivity index (χ1v) is 6.67. The summed E-state index contributed by atoms with van der Waals surface area (Å²) in [4.78, 5) is 14.6. The molecule has 0 bridgehead atoms. The van der Waals surface area contributed by atoms with E-state index in [0.717, 1.165) is 26.2 Å². The van der Waals surface area contributed by atoms with E-state index in [1.807, 2.05) is 11.9 Å². The molecule has 1 aliphatic rings. The summed E-state index contributed by atoms with van der Waals surface area (Å²) in [6.07, 6.45) is 0. The Labute approximate surface area is 122 Å². The van der Waals surface area contributed by atoms with E-state index in [-0.39, 0.29) is 10.7 Å². The van der Waals surface area contributed by atoms with Crippen molar-refractivity contribution in [2.24, 2.45) is 0 Å². The molecule has 0 saturated carbocycles. The third kappa shape index (κ3) is 3.07. The molecule has 1 fully saturated rings. The Morgan fingerprint density at radius 3 is 2.60 bits per heavy atom. The number of piperazine rings is 1. The van der Waals surface area contributed by atoms with Crippen LogP contribution < -0.4 is 0 Å². The molecular weight excluding hydrogens is 280 g/mol. The first-order valence-electron chi connectivity index (χ1n) is 6.29. The highest BCUT2D eigenvalue weighted by Crippen LogP contribution is 2.30. The van der Waals surface area contributed by atoms with Crippen molar-refractivity contribution in [1.82, 2.24) is 9.80 Å². The summed E-state index contributed by atoms with van der Waals surface area (Å²) in [7, 11) is 2.03. The van der Waals surface area contributed by atoms with Gasteiger partial charge in [-0.2, -0.15) is 5.26 Å². The van der Waals surface area contributed by atoms with E-state index in [2.05, 4.69) is 11.0 Å². The van der Waals surface area contributed by atoms with Gasteiger partial charge in [0.05, 0.1) is 11.0 Å². The largest absolute Gasteiger partial charge is 0.304 e. The van der Waals surface area contributed by atoms with Gasteiger partial charge in [0.25, 0.3) is 5.69 Å². The van der Waals surface area contributed by atoms with E-state index < -0.39 is 11.0 Å². The van der Waals surface area contributed by atoms with Gasteiger partial charge >= 0.3 is 0 Å². The second-order valence-corrected chi connectivity index (χ2v) is 5.25. The van der Waals surface area contributed by atoms with E-state index >= 15 is 0 Å². The monoisotopic (exact) mass is 294 g/mol. The molecule has 0 spiro atoms. The van der Waals surface area contributed by atoms with Gasteiger partial charge in [-0.1, -0.05) is 17.7 Å². The Hall–Kier alpha value is -1.68. The second-order valence-electron chi connectivity index (χ2n) is 4.84. The lowest BCUT2D eigenvalue weighted by Gasteiger charge is -2.35. The van der Waals surface area contributed by atoms with E-state index in [1.165, 1.54) is 12.1 Å². The minimum absolute atomic E-state index is 0.0915. The maximum atomic E-state index is 10.9. The van der Waals surface area contributed by atoms with Crippen LogP contribution in [0.15, 0.2) is 18.2 Å². The van der Waals surface area contributed by atoms with Gasteiger partial charge in [0.2, 0.25) is 0 Å². The zero-order chi connectivity index (χ0) is 14.7. The lowest BCUT2D eigenvalue weighted by molar-refractivity contribution is -0.384. The summed E-state index contributed by atoms with van der Waals surface area (Å²) in [6, 6.07) is 6.32. The number of nitriles is 1. The lowest BCUT2D eigenvalue weighted by atomic mass is 10.0. The van der Waals surface area contributed by atoms with Crippen LogP contribution in [0, 0.1) is 21.4 Å². The molecule has 106 valence electrons. The third-order valence-electron chi connectivity index (χ3n) is 3.51. The number of hydrogen-bond acceptors (Lipinski definition) is 5. The van der Waals surface area contributed by atoms with Crippen molar-refractivity contribution in [3.63, 3.8) is 0 Å². The van der Waals surface area contributed by atoms with Gasteiger partial charge in [-0.25, -0.2) is 0 Å². The van der Waals surface area contributed by atoms with Crippen LogP contribution in [0.5, 0.6) is 0 Å². The molecule has 0 aliphatic carbocycles. The highest BCUT2D eigenvalue weighted by Gasteiger charge is 2.25. The molecule has 1 aliphatic heterocycles. The fourth-order valence-electron chi connectivity index (χ4n) is 2.29. The van der Waals surface area contributed by atoms with Crippen LogP contribution in [-0.4, -0.2) is 47.9 Å². The number of nitro benzene ring substituents is 1. The Balaban J connectivity index is 2.26. The van der Waals surface area contributed by atoms with Gasteiger partial charge in [0, 0.05) is 32.2 Å². The summed E-state index contributed by atoms with van der Waals surface area (Å²) in [5, 5.41) is 20.4.